The van der Waals surface area contributed by atoms with E-state index in [1.165, 1.54) is 141 Å². The van der Waals surface area contributed by atoms with Crippen LogP contribution >= 0.6 is 0 Å². The molecule has 0 aromatic heterocycles. The summed E-state index contributed by atoms with van der Waals surface area (Å²) in [5, 5.41) is 23.8. The average Bonchev–Trinajstić information content (AvgIpc) is 3.29. The zero-order valence-electron chi connectivity index (χ0n) is 42.1. The maximum atomic E-state index is 13.2. The third kappa shape index (κ3) is 45.9. The molecule has 3 unspecified atom stereocenters. The SMILES string of the molecule is CC/C=C\C/C=C\C/C=C\C/C=C\C/C=C\C/C=C\C(CC(=O)NC(CO)C(O)CCCCCCCCCCCCCCCC)OC(=O)CCCCCCCCCCCCCCCC. The number of carbonyl (C=O) groups excluding carboxylic acids is 2. The molecule has 64 heavy (non-hydrogen) atoms. The maximum Gasteiger partial charge on any atom is 0.306 e. The number of carbonyl (C=O) groups is 2. The molecular weight excluding hydrogens is 791 g/mol. The molecule has 6 nitrogen and oxygen atoms in total. The van der Waals surface area contributed by atoms with E-state index < -0.39 is 18.2 Å². The number of unbranched alkanes of at least 4 members (excludes halogenated alkanes) is 26. The number of rotatable bonds is 48. The predicted octanol–water partition coefficient (Wildman–Crippen LogP) is 16.6. The second-order valence-corrected chi connectivity index (χ2v) is 18.3. The van der Waals surface area contributed by atoms with Crippen LogP contribution in [0.2, 0.25) is 0 Å². The lowest BCUT2D eigenvalue weighted by Gasteiger charge is -2.23. The van der Waals surface area contributed by atoms with Crippen molar-refractivity contribution in [2.75, 3.05) is 6.61 Å². The summed E-state index contributed by atoms with van der Waals surface area (Å²) < 4.78 is 5.84. The lowest BCUT2D eigenvalue weighted by atomic mass is 10.0. The van der Waals surface area contributed by atoms with E-state index in [2.05, 4.69) is 86.8 Å². The molecule has 0 aromatic rings. The average molecular weight is 894 g/mol. The Morgan fingerprint density at radius 1 is 0.469 bits per heavy atom. The molecule has 0 saturated heterocycles. The highest BCUT2D eigenvalue weighted by molar-refractivity contribution is 5.78. The number of nitrogens with one attached hydrogen (secondary N) is 1. The van der Waals surface area contributed by atoms with Gasteiger partial charge in [0.2, 0.25) is 5.91 Å². The van der Waals surface area contributed by atoms with E-state index in [0.717, 1.165) is 70.6 Å². The Hall–Kier alpha value is -2.70. The number of ether oxygens (including phenoxy) is 1. The molecule has 0 heterocycles. The highest BCUT2D eigenvalue weighted by Crippen LogP contribution is 2.17. The van der Waals surface area contributed by atoms with Gasteiger partial charge in [-0.25, -0.2) is 0 Å². The molecule has 0 aliphatic carbocycles. The summed E-state index contributed by atoms with van der Waals surface area (Å²) in [5.41, 5.74) is 0. The number of hydrogen-bond acceptors (Lipinski definition) is 5. The maximum absolute atomic E-state index is 13.2. The third-order valence-corrected chi connectivity index (χ3v) is 12.0. The first-order valence-electron chi connectivity index (χ1n) is 27.2. The van der Waals surface area contributed by atoms with Gasteiger partial charge in [-0.3, -0.25) is 9.59 Å². The van der Waals surface area contributed by atoms with Crippen LogP contribution < -0.4 is 5.32 Å². The molecule has 370 valence electrons. The fourth-order valence-corrected chi connectivity index (χ4v) is 7.96. The Bertz CT molecular complexity index is 1190. The highest BCUT2D eigenvalue weighted by Gasteiger charge is 2.23. The van der Waals surface area contributed by atoms with E-state index in [4.69, 9.17) is 4.74 Å². The standard InChI is InChI=1S/C58H103NO5/c1-4-7-10-13-16-19-22-25-28-29-30-31-34-37-40-43-46-49-54(64-58(63)51-48-45-42-39-36-33-27-24-21-18-15-12-9-6-3)52-57(62)59-55(53-60)56(61)50-47-44-41-38-35-32-26-23-20-17-14-11-8-5-2/h7,10,16,19,25,28,30-31,37,40,46,49,54-56,60-61H,4-6,8-9,11-15,17-18,20-24,26-27,29,32-36,38-39,41-45,47-48,50-53H2,1-3H3,(H,59,62)/b10-7-,19-16-,28-25-,31-30-,40-37-,49-46-. The minimum absolute atomic E-state index is 0.0469. The summed E-state index contributed by atoms with van der Waals surface area (Å²) in [7, 11) is 0. The van der Waals surface area contributed by atoms with Gasteiger partial charge in [-0.1, -0.05) is 261 Å². The van der Waals surface area contributed by atoms with Gasteiger partial charge in [-0.05, 0) is 57.4 Å². The second kappa shape index (κ2) is 51.3. The summed E-state index contributed by atoms with van der Waals surface area (Å²) in [6.07, 6.45) is 65.6. The van der Waals surface area contributed by atoms with Gasteiger partial charge in [0.25, 0.3) is 0 Å². The normalized spacial score (nSPS) is 13.8. The second-order valence-electron chi connectivity index (χ2n) is 18.3. The summed E-state index contributed by atoms with van der Waals surface area (Å²) in [5.74, 6) is -0.624. The number of hydrogen-bond donors (Lipinski definition) is 3. The van der Waals surface area contributed by atoms with Crippen LogP contribution in [-0.2, 0) is 14.3 Å². The lowest BCUT2D eigenvalue weighted by Crippen LogP contribution is -2.46. The van der Waals surface area contributed by atoms with Crippen molar-refractivity contribution in [3.8, 4) is 0 Å². The van der Waals surface area contributed by atoms with E-state index in [9.17, 15) is 19.8 Å². The molecule has 0 aliphatic rings. The summed E-state index contributed by atoms with van der Waals surface area (Å²) >= 11 is 0. The fraction of sp³-hybridized carbons (Fsp3) is 0.759. The minimum atomic E-state index is -0.821. The van der Waals surface area contributed by atoms with E-state index in [1.54, 1.807) is 6.08 Å². The molecule has 0 fully saturated rings. The van der Waals surface area contributed by atoms with Crippen molar-refractivity contribution in [3.05, 3.63) is 72.9 Å². The van der Waals surface area contributed by atoms with Crippen molar-refractivity contribution in [1.29, 1.82) is 0 Å². The van der Waals surface area contributed by atoms with E-state index in [0.29, 0.717) is 19.3 Å². The molecule has 0 aromatic carbocycles. The van der Waals surface area contributed by atoms with Crippen LogP contribution in [0.1, 0.15) is 258 Å². The predicted molar refractivity (Wildman–Crippen MR) is 278 cm³/mol. The number of aliphatic hydroxyl groups is 2. The zero-order chi connectivity index (χ0) is 46.7. The van der Waals surface area contributed by atoms with Gasteiger partial charge in [0, 0.05) is 6.42 Å². The zero-order valence-corrected chi connectivity index (χ0v) is 42.1. The van der Waals surface area contributed by atoms with Crippen molar-refractivity contribution in [1.82, 2.24) is 5.32 Å². The van der Waals surface area contributed by atoms with Gasteiger partial charge in [0.1, 0.15) is 6.10 Å². The van der Waals surface area contributed by atoms with Crippen LogP contribution in [-0.4, -0.2) is 46.9 Å². The molecule has 0 aliphatic heterocycles. The van der Waals surface area contributed by atoms with Crippen molar-refractivity contribution in [2.24, 2.45) is 0 Å². The Morgan fingerprint density at radius 2 is 0.812 bits per heavy atom. The molecule has 0 rings (SSSR count). The lowest BCUT2D eigenvalue weighted by molar-refractivity contribution is -0.148. The summed E-state index contributed by atoms with van der Waals surface area (Å²) in [6.45, 7) is 6.35. The summed E-state index contributed by atoms with van der Waals surface area (Å²) in [6, 6.07) is -0.744. The first-order valence-corrected chi connectivity index (χ1v) is 27.2. The smallest absolute Gasteiger partial charge is 0.306 e. The van der Waals surface area contributed by atoms with Gasteiger partial charge in [-0.15, -0.1) is 0 Å². The molecular formula is C58H103NO5. The molecule has 3 atom stereocenters. The Labute approximate surface area is 396 Å². The van der Waals surface area contributed by atoms with Crippen molar-refractivity contribution in [2.45, 2.75) is 277 Å². The Kier molecular flexibility index (Phi) is 49.1. The molecule has 0 saturated carbocycles. The topological polar surface area (TPSA) is 95.9 Å². The Balaban J connectivity index is 4.74. The van der Waals surface area contributed by atoms with Crippen LogP contribution in [0.4, 0.5) is 0 Å². The molecule has 0 radical (unpaired) electrons. The van der Waals surface area contributed by atoms with Crippen molar-refractivity contribution >= 4 is 11.9 Å². The van der Waals surface area contributed by atoms with Gasteiger partial charge >= 0.3 is 5.97 Å². The molecule has 1 amide bonds. The van der Waals surface area contributed by atoms with Gasteiger partial charge in [-0.2, -0.15) is 0 Å². The monoisotopic (exact) mass is 894 g/mol. The minimum Gasteiger partial charge on any atom is -0.458 e. The van der Waals surface area contributed by atoms with Crippen molar-refractivity contribution < 1.29 is 24.5 Å². The summed E-state index contributed by atoms with van der Waals surface area (Å²) in [4.78, 5) is 26.1. The molecule has 3 N–H and O–H groups in total. The van der Waals surface area contributed by atoms with E-state index >= 15 is 0 Å². The van der Waals surface area contributed by atoms with Gasteiger partial charge in [0.05, 0.1) is 25.2 Å². The molecule has 0 spiro atoms. The third-order valence-electron chi connectivity index (χ3n) is 12.0. The van der Waals surface area contributed by atoms with Gasteiger partial charge in [0.15, 0.2) is 0 Å². The van der Waals surface area contributed by atoms with E-state index in [1.807, 2.05) is 6.08 Å². The fourth-order valence-electron chi connectivity index (χ4n) is 7.96. The quantitative estimate of drug-likeness (QED) is 0.0321. The number of allylic oxidation sites excluding steroid dienone is 11. The highest BCUT2D eigenvalue weighted by atomic mass is 16.5. The van der Waals surface area contributed by atoms with Crippen LogP contribution in [0.5, 0.6) is 0 Å². The largest absolute Gasteiger partial charge is 0.458 e. The van der Waals surface area contributed by atoms with Crippen LogP contribution in [0.15, 0.2) is 72.9 Å². The number of aliphatic hydroxyl groups excluding tert-OH is 2. The van der Waals surface area contributed by atoms with Gasteiger partial charge < -0.3 is 20.3 Å². The van der Waals surface area contributed by atoms with Crippen LogP contribution in [0.25, 0.3) is 0 Å². The molecule has 0 bridgehead atoms. The van der Waals surface area contributed by atoms with Crippen LogP contribution in [0.3, 0.4) is 0 Å². The van der Waals surface area contributed by atoms with Crippen molar-refractivity contribution in [3.63, 3.8) is 0 Å². The van der Waals surface area contributed by atoms with E-state index in [-0.39, 0.29) is 24.9 Å². The number of esters is 1. The first-order chi connectivity index (χ1) is 31.5. The Morgan fingerprint density at radius 3 is 1.19 bits per heavy atom. The number of amides is 1. The first kappa shape index (κ1) is 61.3. The molecule has 6 heteroatoms. The van der Waals surface area contributed by atoms with Crippen LogP contribution in [0, 0.1) is 0 Å².